The van der Waals surface area contributed by atoms with Gasteiger partial charge in [-0.15, -0.1) is 0 Å². The van der Waals surface area contributed by atoms with E-state index < -0.39 is 5.41 Å². The van der Waals surface area contributed by atoms with Gasteiger partial charge in [0.15, 0.2) is 0 Å². The highest BCUT2D eigenvalue weighted by Gasteiger charge is 2.46. The molecule has 0 saturated carbocycles. The molecule has 10 aromatic carbocycles. The first-order valence-electron chi connectivity index (χ1n) is 22.4. The van der Waals surface area contributed by atoms with E-state index in [0.717, 1.165) is 50.2 Å². The molecule has 0 aliphatic heterocycles. The average Bonchev–Trinajstić information content (AvgIpc) is 3.66. The van der Waals surface area contributed by atoms with Gasteiger partial charge in [-0.1, -0.05) is 206 Å². The molecule has 0 fully saturated rings. The summed E-state index contributed by atoms with van der Waals surface area (Å²) in [6.07, 6.45) is 0. The van der Waals surface area contributed by atoms with Crippen molar-refractivity contribution in [3.05, 3.63) is 271 Å². The predicted octanol–water partition coefficient (Wildman–Crippen LogP) is 15.7. The molecular formula is C59H41N. The molecule has 0 atom stereocenters. The van der Waals surface area contributed by atoms with Crippen LogP contribution in [0.2, 0.25) is 0 Å². The van der Waals surface area contributed by atoms with Crippen LogP contribution in [0.5, 0.6) is 0 Å². The molecule has 0 aromatic heterocycles. The maximum absolute atomic E-state index is 9.66. The molecule has 0 amide bonds. The molecule has 0 saturated heterocycles. The minimum absolute atomic E-state index is 0.0921. The molecule has 0 spiro atoms. The van der Waals surface area contributed by atoms with E-state index in [-0.39, 0.29) is 35.4 Å². The lowest BCUT2D eigenvalue weighted by molar-refractivity contribution is 0.768. The van der Waals surface area contributed by atoms with Crippen LogP contribution in [-0.4, -0.2) is 0 Å². The molecule has 1 aliphatic carbocycles. The fourth-order valence-electron chi connectivity index (χ4n) is 9.29. The van der Waals surface area contributed by atoms with Crippen LogP contribution in [0.15, 0.2) is 249 Å². The Morgan fingerprint density at radius 3 is 1.60 bits per heavy atom. The lowest BCUT2D eigenvalue weighted by Gasteiger charge is -2.35. The Hall–Kier alpha value is -7.74. The molecule has 1 heteroatoms. The summed E-state index contributed by atoms with van der Waals surface area (Å²) >= 11 is 0. The minimum Gasteiger partial charge on any atom is -0.310 e. The first-order valence-corrected chi connectivity index (χ1v) is 20.4. The number of rotatable bonds is 8. The van der Waals surface area contributed by atoms with Crippen LogP contribution >= 0.6 is 0 Å². The maximum atomic E-state index is 9.66. The predicted molar refractivity (Wildman–Crippen MR) is 252 cm³/mol. The van der Waals surface area contributed by atoms with Crippen molar-refractivity contribution in [2.75, 3.05) is 4.90 Å². The van der Waals surface area contributed by atoms with E-state index >= 15 is 0 Å². The molecule has 60 heavy (non-hydrogen) atoms. The van der Waals surface area contributed by atoms with Crippen LogP contribution < -0.4 is 4.90 Å². The molecule has 0 heterocycles. The third-order valence-electron chi connectivity index (χ3n) is 12.0. The van der Waals surface area contributed by atoms with Crippen LogP contribution in [0.3, 0.4) is 0 Å². The van der Waals surface area contributed by atoms with Crippen LogP contribution in [-0.2, 0) is 5.41 Å². The van der Waals surface area contributed by atoms with Gasteiger partial charge >= 0.3 is 0 Å². The van der Waals surface area contributed by atoms with Gasteiger partial charge in [0.05, 0.1) is 10.9 Å². The van der Waals surface area contributed by atoms with Crippen molar-refractivity contribution in [2.45, 2.75) is 5.41 Å². The van der Waals surface area contributed by atoms with Crippen molar-refractivity contribution >= 4 is 27.8 Å². The fraction of sp³-hybridized carbons (Fsp3) is 0.0169. The summed E-state index contributed by atoms with van der Waals surface area (Å²) in [4.78, 5) is 1.91. The summed E-state index contributed by atoms with van der Waals surface area (Å²) in [6.45, 7) is 0. The monoisotopic (exact) mass is 767 g/mol. The maximum Gasteiger partial charge on any atom is 0.0714 e. The molecular weight excluding hydrogens is 723 g/mol. The summed E-state index contributed by atoms with van der Waals surface area (Å²) in [6, 6.07) is 76.8. The summed E-state index contributed by atoms with van der Waals surface area (Å²) in [5.41, 5.74) is 13.0. The third-order valence-corrected chi connectivity index (χ3v) is 12.0. The molecule has 11 rings (SSSR count). The van der Waals surface area contributed by atoms with E-state index in [1.807, 2.05) is 59.5 Å². The highest BCUT2D eigenvalue weighted by atomic mass is 15.1. The first-order chi connectivity index (χ1) is 31.4. The quantitative estimate of drug-likeness (QED) is 0.149. The van der Waals surface area contributed by atoms with E-state index in [4.69, 9.17) is 0 Å². The zero-order valence-electron chi connectivity index (χ0n) is 36.8. The smallest absolute Gasteiger partial charge is 0.0714 e. The minimum atomic E-state index is -0.680. The number of hydrogen-bond acceptors (Lipinski definition) is 1. The van der Waals surface area contributed by atoms with Crippen molar-refractivity contribution in [1.29, 1.82) is 0 Å². The number of nitrogens with zero attached hydrogens (tertiary/aromatic N) is 1. The van der Waals surface area contributed by atoms with Gasteiger partial charge in [0.25, 0.3) is 0 Å². The van der Waals surface area contributed by atoms with Gasteiger partial charge in [-0.3, -0.25) is 0 Å². The van der Waals surface area contributed by atoms with Gasteiger partial charge < -0.3 is 4.90 Å². The number of hydrogen-bond donors (Lipinski definition) is 0. The topological polar surface area (TPSA) is 3.24 Å². The standard InChI is InChI=1S/C59H41N/c1-4-16-42(17-5-1)43-30-34-50(35-31-43)60(51-36-32-44(33-37-51)46-20-14-21-47(40-46)54-28-15-19-45-18-10-11-26-53(45)54)52-38-39-56-55-27-12-13-29-57(55)59(58(56)41-52,48-22-6-2-7-23-48)49-24-8-3-9-25-49/h1-41H/i30D,31D,34D,35D. The van der Waals surface area contributed by atoms with Gasteiger partial charge in [0, 0.05) is 17.1 Å². The molecule has 0 radical (unpaired) electrons. The van der Waals surface area contributed by atoms with E-state index in [1.54, 1.807) is 0 Å². The van der Waals surface area contributed by atoms with Crippen molar-refractivity contribution in [3.8, 4) is 44.5 Å². The molecule has 0 N–H and O–H groups in total. The van der Waals surface area contributed by atoms with E-state index in [0.29, 0.717) is 11.3 Å². The number of anilines is 3. The highest BCUT2D eigenvalue weighted by Crippen LogP contribution is 2.57. The summed E-state index contributed by atoms with van der Waals surface area (Å²) in [5.74, 6) is 0. The molecule has 1 aliphatic rings. The lowest BCUT2D eigenvalue weighted by Crippen LogP contribution is -2.28. The summed E-state index contributed by atoms with van der Waals surface area (Å²) < 4.78 is 38.1. The second-order valence-electron chi connectivity index (χ2n) is 15.3. The van der Waals surface area contributed by atoms with E-state index in [2.05, 4.69) is 170 Å². The summed E-state index contributed by atoms with van der Waals surface area (Å²) in [5, 5.41) is 2.40. The van der Waals surface area contributed by atoms with Gasteiger partial charge in [-0.25, -0.2) is 0 Å². The van der Waals surface area contributed by atoms with E-state index in [9.17, 15) is 5.48 Å². The molecule has 282 valence electrons. The Kier molecular flexibility index (Phi) is 7.76. The lowest BCUT2D eigenvalue weighted by atomic mass is 9.67. The Balaban J connectivity index is 1.12. The second-order valence-corrected chi connectivity index (χ2v) is 15.3. The zero-order valence-corrected chi connectivity index (χ0v) is 32.8. The second kappa shape index (κ2) is 14.9. The Labute approximate surface area is 357 Å². The van der Waals surface area contributed by atoms with Crippen LogP contribution in [0, 0.1) is 0 Å². The third kappa shape index (κ3) is 5.94. The normalized spacial score (nSPS) is 13.4. The number of benzene rings is 10. The van der Waals surface area contributed by atoms with Crippen LogP contribution in [0.1, 0.15) is 27.7 Å². The Morgan fingerprint density at radius 1 is 0.317 bits per heavy atom. The van der Waals surface area contributed by atoms with Gasteiger partial charge in [-0.05, 0) is 120 Å². The number of fused-ring (bicyclic) bond motifs is 4. The highest BCUT2D eigenvalue weighted by molar-refractivity contribution is 5.97. The van der Waals surface area contributed by atoms with E-state index in [1.165, 1.54) is 21.9 Å². The van der Waals surface area contributed by atoms with Gasteiger partial charge in [-0.2, -0.15) is 0 Å². The Bertz CT molecular complexity index is 3290. The molecule has 10 aromatic rings. The average molecular weight is 768 g/mol. The Morgan fingerprint density at radius 2 is 0.850 bits per heavy atom. The van der Waals surface area contributed by atoms with Gasteiger partial charge in [0.1, 0.15) is 0 Å². The molecule has 0 bridgehead atoms. The molecule has 1 nitrogen and oxygen atoms in total. The van der Waals surface area contributed by atoms with Crippen molar-refractivity contribution in [1.82, 2.24) is 0 Å². The van der Waals surface area contributed by atoms with Gasteiger partial charge in [0.2, 0.25) is 0 Å². The van der Waals surface area contributed by atoms with Crippen LogP contribution in [0.25, 0.3) is 55.3 Å². The zero-order chi connectivity index (χ0) is 43.4. The summed E-state index contributed by atoms with van der Waals surface area (Å²) in [7, 11) is 0. The fourth-order valence-corrected chi connectivity index (χ4v) is 9.29. The van der Waals surface area contributed by atoms with Crippen molar-refractivity contribution in [2.24, 2.45) is 0 Å². The van der Waals surface area contributed by atoms with Crippen molar-refractivity contribution in [3.63, 3.8) is 0 Å². The largest absolute Gasteiger partial charge is 0.310 e. The molecule has 0 unspecified atom stereocenters. The van der Waals surface area contributed by atoms with Crippen molar-refractivity contribution < 1.29 is 5.48 Å². The van der Waals surface area contributed by atoms with Crippen LogP contribution in [0.4, 0.5) is 17.1 Å². The SMILES string of the molecule is [2H]c1c([2H])c(N(c2ccc(-c3cccc(-c4cccc5ccccc45)c3)cc2)c2ccc3c(c2)C(c2ccccc2)(c2ccccc2)c2ccccc2-3)c([2H])c([2H])c1-c1ccccc1. The first kappa shape index (κ1) is 31.3.